The second-order valence-corrected chi connectivity index (χ2v) is 3.43. The average molecular weight is 263 g/mol. The summed E-state index contributed by atoms with van der Waals surface area (Å²) in [5.41, 5.74) is 5.57. The van der Waals surface area contributed by atoms with Crippen molar-refractivity contribution in [1.82, 2.24) is 6.15 Å². The van der Waals surface area contributed by atoms with E-state index in [1.165, 1.54) is 6.26 Å². The number of anilines is 1. The standard InChI is InChI=1S/C7H10N4O4S.H3N/c8-6(9)5-4(3-15-7(5)12)10-1-2-11-16(13)14;/h3,10,12H,1-2H2,(H3,8,9);1H3. The van der Waals surface area contributed by atoms with Gasteiger partial charge in [-0.05, 0) is 0 Å². The largest absolute Gasteiger partial charge is 0.480 e. The van der Waals surface area contributed by atoms with Crippen LogP contribution in [0.1, 0.15) is 5.56 Å². The van der Waals surface area contributed by atoms with Crippen molar-refractivity contribution in [2.24, 2.45) is 10.1 Å². The van der Waals surface area contributed by atoms with Gasteiger partial charge in [0.1, 0.15) is 17.7 Å². The molecule has 0 radical (unpaired) electrons. The molecule has 0 saturated heterocycles. The summed E-state index contributed by atoms with van der Waals surface area (Å²) in [5, 5.41) is 19.1. The van der Waals surface area contributed by atoms with Gasteiger partial charge in [0.25, 0.3) is 5.95 Å². The van der Waals surface area contributed by atoms with E-state index >= 15 is 0 Å². The van der Waals surface area contributed by atoms with Crippen LogP contribution in [0.3, 0.4) is 0 Å². The highest BCUT2D eigenvalue weighted by Gasteiger charge is 2.14. The molecule has 0 unspecified atom stereocenters. The Kier molecular flexibility index (Phi) is 5.71. The highest BCUT2D eigenvalue weighted by atomic mass is 32.2. The van der Waals surface area contributed by atoms with Gasteiger partial charge in [-0.15, -0.1) is 0 Å². The molecule has 1 aromatic heterocycles. The van der Waals surface area contributed by atoms with Gasteiger partial charge >= 0.3 is 10.5 Å². The van der Waals surface area contributed by atoms with E-state index in [0.717, 1.165) is 0 Å². The topological polar surface area (TPSA) is 177 Å². The lowest BCUT2D eigenvalue weighted by atomic mass is 10.2. The third kappa shape index (κ3) is 4.12. The minimum absolute atomic E-state index is 0. The Bertz CT molecular complexity index is 512. The van der Waals surface area contributed by atoms with E-state index in [1.807, 2.05) is 0 Å². The molecule has 9 nitrogen and oxygen atoms in total. The Morgan fingerprint density at radius 1 is 1.65 bits per heavy atom. The minimum atomic E-state index is -2.44. The molecule has 1 heterocycles. The van der Waals surface area contributed by atoms with Crippen LogP contribution < -0.4 is 17.2 Å². The van der Waals surface area contributed by atoms with Gasteiger partial charge in [0, 0.05) is 6.54 Å². The summed E-state index contributed by atoms with van der Waals surface area (Å²) in [6, 6.07) is 0. The van der Waals surface area contributed by atoms with E-state index in [1.54, 1.807) is 0 Å². The number of nitrogens with zero attached hydrogens (tertiary/aromatic N) is 1. The molecule has 17 heavy (non-hydrogen) atoms. The van der Waals surface area contributed by atoms with Crippen molar-refractivity contribution in [2.45, 2.75) is 0 Å². The number of amidine groups is 1. The predicted octanol–water partition coefficient (Wildman–Crippen LogP) is -0.0941. The van der Waals surface area contributed by atoms with Gasteiger partial charge in [0.2, 0.25) is 0 Å². The Morgan fingerprint density at radius 2 is 2.29 bits per heavy atom. The van der Waals surface area contributed by atoms with Crippen LogP contribution in [0.25, 0.3) is 0 Å². The van der Waals surface area contributed by atoms with Crippen LogP contribution in [0.5, 0.6) is 5.95 Å². The van der Waals surface area contributed by atoms with E-state index in [9.17, 15) is 13.5 Å². The Morgan fingerprint density at radius 3 is 2.82 bits per heavy atom. The third-order valence-corrected chi connectivity index (χ3v) is 2.06. The van der Waals surface area contributed by atoms with E-state index < -0.39 is 16.4 Å². The first-order valence-electron chi connectivity index (χ1n) is 4.18. The summed E-state index contributed by atoms with van der Waals surface area (Å²) >= 11 is 0. The molecule has 1 rings (SSSR count). The summed E-state index contributed by atoms with van der Waals surface area (Å²) in [6.45, 7) is 0.257. The van der Waals surface area contributed by atoms with Crippen molar-refractivity contribution in [3.63, 3.8) is 0 Å². The van der Waals surface area contributed by atoms with E-state index in [4.69, 9.17) is 11.1 Å². The monoisotopic (exact) mass is 263 g/mol. The Hall–Kier alpha value is -2.07. The van der Waals surface area contributed by atoms with Crippen LogP contribution in [-0.2, 0) is 10.5 Å². The van der Waals surface area contributed by atoms with Crippen molar-refractivity contribution in [2.75, 3.05) is 18.4 Å². The molecular weight excluding hydrogens is 250 g/mol. The number of nitrogens with two attached hydrogens (primary N) is 1. The molecule has 1 aromatic rings. The summed E-state index contributed by atoms with van der Waals surface area (Å²) in [4.78, 5) is 0. The lowest BCUT2D eigenvalue weighted by Crippen LogP contribution is -2.14. The van der Waals surface area contributed by atoms with Crippen molar-refractivity contribution < 1.29 is 17.9 Å². The van der Waals surface area contributed by atoms with Crippen molar-refractivity contribution in [3.05, 3.63) is 11.8 Å². The quantitative estimate of drug-likeness (QED) is 0.280. The lowest BCUT2D eigenvalue weighted by molar-refractivity contribution is 0.332. The molecule has 0 fully saturated rings. The van der Waals surface area contributed by atoms with Crippen LogP contribution in [0.15, 0.2) is 15.0 Å². The van der Waals surface area contributed by atoms with Gasteiger partial charge in [-0.1, -0.05) is 0 Å². The van der Waals surface area contributed by atoms with Crippen LogP contribution in [0.4, 0.5) is 5.69 Å². The number of aromatic hydroxyl groups is 1. The van der Waals surface area contributed by atoms with Gasteiger partial charge in [0.05, 0.1) is 12.2 Å². The molecule has 0 amide bonds. The Labute approximate surface area is 98.4 Å². The second-order valence-electron chi connectivity index (χ2n) is 2.74. The van der Waals surface area contributed by atoms with Gasteiger partial charge in [-0.3, -0.25) is 5.41 Å². The molecule has 8 N–H and O–H groups in total. The number of nitrogen functional groups attached to an aromatic ring is 1. The molecule has 0 aliphatic rings. The third-order valence-electron chi connectivity index (χ3n) is 1.66. The van der Waals surface area contributed by atoms with Crippen LogP contribution in [-0.4, -0.2) is 32.4 Å². The Balaban J connectivity index is 0.00000256. The maximum atomic E-state index is 10.1. The highest BCUT2D eigenvalue weighted by Crippen LogP contribution is 2.27. The minimum Gasteiger partial charge on any atom is -0.480 e. The molecule has 0 saturated carbocycles. The van der Waals surface area contributed by atoms with Crippen LogP contribution >= 0.6 is 0 Å². The van der Waals surface area contributed by atoms with Gasteiger partial charge in [-0.2, -0.15) is 12.8 Å². The van der Waals surface area contributed by atoms with Gasteiger partial charge in [-0.25, -0.2) is 0 Å². The average Bonchev–Trinajstić information content (AvgIpc) is 2.54. The molecule has 0 aliphatic carbocycles. The second kappa shape index (κ2) is 6.50. The zero-order valence-corrected chi connectivity index (χ0v) is 9.62. The van der Waals surface area contributed by atoms with Gasteiger partial charge < -0.3 is 26.7 Å². The molecule has 0 bridgehead atoms. The van der Waals surface area contributed by atoms with Crippen molar-refractivity contribution >= 4 is 22.0 Å². The first kappa shape index (κ1) is 14.9. The van der Waals surface area contributed by atoms with Crippen LogP contribution in [0, 0.1) is 5.41 Å². The summed E-state index contributed by atoms with van der Waals surface area (Å²) in [5.74, 6) is -0.808. The van der Waals surface area contributed by atoms with Gasteiger partial charge in [0.15, 0.2) is 0 Å². The lowest BCUT2D eigenvalue weighted by Gasteiger charge is -2.02. The van der Waals surface area contributed by atoms with Crippen LogP contribution in [0.2, 0.25) is 0 Å². The number of furan rings is 1. The zero-order valence-electron chi connectivity index (χ0n) is 8.80. The summed E-state index contributed by atoms with van der Waals surface area (Å²) < 4.78 is 28.0. The fourth-order valence-electron chi connectivity index (χ4n) is 1.05. The predicted molar refractivity (Wildman–Crippen MR) is 61.1 cm³/mol. The molecule has 10 heteroatoms. The SMILES string of the molecule is N.N=C(N)c1c(NCCN=S(=O)=O)coc1O. The first-order valence-corrected chi connectivity index (χ1v) is 5.21. The fourth-order valence-corrected chi connectivity index (χ4v) is 1.29. The number of hydrogen-bond acceptors (Lipinski definition) is 8. The molecule has 0 aromatic carbocycles. The highest BCUT2D eigenvalue weighted by molar-refractivity contribution is 7.61. The van der Waals surface area contributed by atoms with Crippen molar-refractivity contribution in [3.8, 4) is 5.95 Å². The van der Waals surface area contributed by atoms with E-state index in [2.05, 4.69) is 14.1 Å². The summed E-state index contributed by atoms with van der Waals surface area (Å²) in [7, 11) is -2.44. The molecule has 0 spiro atoms. The molecule has 0 aliphatic heterocycles. The fraction of sp³-hybridized carbons (Fsp3) is 0.286. The van der Waals surface area contributed by atoms with E-state index in [0.29, 0.717) is 5.69 Å². The summed E-state index contributed by atoms with van der Waals surface area (Å²) in [6.07, 6.45) is 1.18. The number of rotatable bonds is 5. The maximum absolute atomic E-state index is 10.1. The zero-order chi connectivity index (χ0) is 12.1. The molecule has 0 atom stereocenters. The van der Waals surface area contributed by atoms with E-state index in [-0.39, 0.29) is 30.6 Å². The number of hydrogen-bond donors (Lipinski definition) is 5. The maximum Gasteiger partial charge on any atom is 0.311 e. The molecule has 96 valence electrons. The smallest absolute Gasteiger partial charge is 0.311 e. The normalized spacial score (nSPS) is 9.18. The number of nitrogens with one attached hydrogen (secondary N) is 2. The molecular formula is C7H13N5O4S. The van der Waals surface area contributed by atoms with Crippen molar-refractivity contribution in [1.29, 1.82) is 5.41 Å². The first-order chi connectivity index (χ1) is 7.52.